The van der Waals surface area contributed by atoms with Gasteiger partial charge >= 0.3 is 5.97 Å². The fourth-order valence-electron chi connectivity index (χ4n) is 0.892. The first-order valence-electron chi connectivity index (χ1n) is 3.99. The predicted molar refractivity (Wildman–Crippen MR) is 46.0 cm³/mol. The van der Waals surface area contributed by atoms with Crippen molar-refractivity contribution in [3.8, 4) is 0 Å². The topological polar surface area (TPSA) is 37.3 Å². The maximum absolute atomic E-state index is 10.6. The van der Waals surface area contributed by atoms with Crippen LogP contribution in [0.25, 0.3) is 0 Å². The Morgan fingerprint density at radius 3 is 2.36 bits per heavy atom. The highest BCUT2D eigenvalue weighted by Crippen LogP contribution is 2.26. The maximum atomic E-state index is 10.6. The third kappa shape index (κ3) is 3.10. The molecule has 1 N–H and O–H groups in total. The van der Waals surface area contributed by atoms with Crippen molar-refractivity contribution in [2.24, 2.45) is 0 Å². The van der Waals surface area contributed by atoms with Gasteiger partial charge in [-0.15, -0.1) is 11.6 Å². The quantitative estimate of drug-likeness (QED) is 0.658. The third-order valence-corrected chi connectivity index (χ3v) is 2.49. The van der Waals surface area contributed by atoms with Crippen molar-refractivity contribution in [2.75, 3.05) is 0 Å². The van der Waals surface area contributed by atoms with Crippen molar-refractivity contribution in [1.29, 1.82) is 0 Å². The summed E-state index contributed by atoms with van der Waals surface area (Å²) < 4.78 is 0. The monoisotopic (exact) mass is 178 g/mol. The zero-order chi connectivity index (χ0) is 8.91. The molecule has 11 heavy (non-hydrogen) atoms. The molecule has 2 nitrogen and oxygen atoms in total. The van der Waals surface area contributed by atoms with Gasteiger partial charge in [0, 0.05) is 0 Å². The van der Waals surface area contributed by atoms with Crippen LogP contribution in [0.1, 0.15) is 39.5 Å². The second kappa shape index (κ2) is 4.60. The summed E-state index contributed by atoms with van der Waals surface area (Å²) in [6.45, 7) is 3.82. The molecular formula is C8H15ClO2. The van der Waals surface area contributed by atoms with Gasteiger partial charge in [0.1, 0.15) is 4.87 Å². The Balaban J connectivity index is 3.99. The minimum absolute atomic E-state index is 0.490. The Morgan fingerprint density at radius 1 is 1.55 bits per heavy atom. The van der Waals surface area contributed by atoms with Gasteiger partial charge in [0.15, 0.2) is 0 Å². The third-order valence-electron chi connectivity index (χ3n) is 1.87. The molecule has 0 radical (unpaired) electrons. The Morgan fingerprint density at radius 2 is 2.09 bits per heavy atom. The minimum Gasteiger partial charge on any atom is -0.480 e. The van der Waals surface area contributed by atoms with Crippen molar-refractivity contribution in [1.82, 2.24) is 0 Å². The van der Waals surface area contributed by atoms with Gasteiger partial charge in [-0.1, -0.05) is 26.7 Å². The van der Waals surface area contributed by atoms with Gasteiger partial charge in [0.2, 0.25) is 0 Å². The molecule has 0 rings (SSSR count). The Bertz CT molecular complexity index is 136. The number of aliphatic carboxylic acids is 1. The zero-order valence-corrected chi connectivity index (χ0v) is 7.82. The summed E-state index contributed by atoms with van der Waals surface area (Å²) in [5.41, 5.74) is 0. The Labute approximate surface area is 72.6 Å². The lowest BCUT2D eigenvalue weighted by atomic mass is 9.99. The van der Waals surface area contributed by atoms with E-state index in [-0.39, 0.29) is 0 Å². The van der Waals surface area contributed by atoms with E-state index in [4.69, 9.17) is 16.7 Å². The molecule has 3 heteroatoms. The van der Waals surface area contributed by atoms with Gasteiger partial charge in [0.25, 0.3) is 0 Å². The maximum Gasteiger partial charge on any atom is 0.324 e. The van der Waals surface area contributed by atoms with Gasteiger partial charge in [-0.05, 0) is 12.8 Å². The molecule has 0 amide bonds. The van der Waals surface area contributed by atoms with Gasteiger partial charge in [0.05, 0.1) is 0 Å². The molecule has 66 valence electrons. The van der Waals surface area contributed by atoms with Gasteiger partial charge in [-0.2, -0.15) is 0 Å². The van der Waals surface area contributed by atoms with Crippen LogP contribution in [0.5, 0.6) is 0 Å². The van der Waals surface area contributed by atoms with Gasteiger partial charge < -0.3 is 5.11 Å². The van der Waals surface area contributed by atoms with Crippen molar-refractivity contribution >= 4 is 17.6 Å². The molecule has 0 bridgehead atoms. The summed E-state index contributed by atoms with van der Waals surface area (Å²) in [4.78, 5) is 9.61. The molecule has 0 aliphatic heterocycles. The van der Waals surface area contributed by atoms with Crippen LogP contribution in [0.2, 0.25) is 0 Å². The first-order chi connectivity index (χ1) is 5.06. The molecule has 0 saturated carbocycles. The molecule has 0 aromatic carbocycles. The lowest BCUT2D eigenvalue weighted by Crippen LogP contribution is -2.31. The van der Waals surface area contributed by atoms with E-state index in [1.807, 2.05) is 6.92 Å². The molecular weight excluding hydrogens is 164 g/mol. The predicted octanol–water partition coefficient (Wildman–Crippen LogP) is 2.65. The Kier molecular flexibility index (Phi) is 4.50. The van der Waals surface area contributed by atoms with Crippen LogP contribution < -0.4 is 0 Å². The number of alkyl halides is 1. The lowest BCUT2D eigenvalue weighted by Gasteiger charge is -2.19. The summed E-state index contributed by atoms with van der Waals surface area (Å²) >= 11 is 5.84. The van der Waals surface area contributed by atoms with Crippen LogP contribution >= 0.6 is 11.6 Å². The Hall–Kier alpha value is -0.240. The number of hydrogen-bond donors (Lipinski definition) is 1. The first kappa shape index (κ1) is 10.8. The summed E-state index contributed by atoms with van der Waals surface area (Å²) in [6, 6.07) is 0. The average Bonchev–Trinajstić information content (AvgIpc) is 2.00. The van der Waals surface area contributed by atoms with E-state index in [1.54, 1.807) is 6.92 Å². The highest BCUT2D eigenvalue weighted by atomic mass is 35.5. The van der Waals surface area contributed by atoms with Crippen LogP contribution in [-0.2, 0) is 4.79 Å². The van der Waals surface area contributed by atoms with Gasteiger partial charge in [-0.3, -0.25) is 4.79 Å². The van der Waals surface area contributed by atoms with Crippen molar-refractivity contribution < 1.29 is 9.90 Å². The summed E-state index contributed by atoms with van der Waals surface area (Å²) in [7, 11) is 0. The van der Waals surface area contributed by atoms with Crippen LogP contribution in [0, 0.1) is 0 Å². The normalized spacial score (nSPS) is 15.9. The molecule has 0 aromatic rings. The van der Waals surface area contributed by atoms with Crippen molar-refractivity contribution in [2.45, 2.75) is 44.4 Å². The van der Waals surface area contributed by atoms with E-state index in [0.29, 0.717) is 12.8 Å². The summed E-state index contributed by atoms with van der Waals surface area (Å²) in [6.07, 6.45) is 2.92. The second-order valence-corrected chi connectivity index (χ2v) is 3.45. The number of carboxylic acid groups (broad SMARTS) is 1. The number of rotatable bonds is 5. The molecule has 1 atom stereocenters. The van der Waals surface area contributed by atoms with Crippen LogP contribution in [0.15, 0.2) is 0 Å². The molecule has 0 aromatic heterocycles. The molecule has 0 aliphatic rings. The summed E-state index contributed by atoms with van der Waals surface area (Å²) in [5.74, 6) is -0.893. The van der Waals surface area contributed by atoms with E-state index in [9.17, 15) is 4.79 Å². The fourth-order valence-corrected chi connectivity index (χ4v) is 1.03. The SMILES string of the molecule is CCCCC(Cl)(CC)C(=O)O. The fraction of sp³-hybridized carbons (Fsp3) is 0.875. The molecule has 0 saturated heterocycles. The van der Waals surface area contributed by atoms with Crippen molar-refractivity contribution in [3.05, 3.63) is 0 Å². The number of unbranched alkanes of at least 4 members (excludes halogenated alkanes) is 1. The average molecular weight is 179 g/mol. The van der Waals surface area contributed by atoms with E-state index >= 15 is 0 Å². The lowest BCUT2D eigenvalue weighted by molar-refractivity contribution is -0.140. The van der Waals surface area contributed by atoms with Crippen molar-refractivity contribution in [3.63, 3.8) is 0 Å². The second-order valence-electron chi connectivity index (χ2n) is 2.73. The minimum atomic E-state index is -1.02. The van der Waals surface area contributed by atoms with Crippen LogP contribution in [-0.4, -0.2) is 16.0 Å². The number of carbonyl (C=O) groups is 1. The van der Waals surface area contributed by atoms with Crippen LogP contribution in [0.4, 0.5) is 0 Å². The van der Waals surface area contributed by atoms with E-state index in [1.165, 1.54) is 0 Å². The molecule has 0 fully saturated rings. The molecule has 0 heterocycles. The zero-order valence-electron chi connectivity index (χ0n) is 7.06. The van der Waals surface area contributed by atoms with Gasteiger partial charge in [-0.25, -0.2) is 0 Å². The summed E-state index contributed by atoms with van der Waals surface area (Å²) in [5, 5.41) is 8.73. The molecule has 0 spiro atoms. The number of carboxylic acids is 1. The largest absolute Gasteiger partial charge is 0.480 e. The standard InChI is InChI=1S/C8H15ClO2/c1-3-5-6-8(9,4-2)7(10)11/h3-6H2,1-2H3,(H,10,11). The van der Waals surface area contributed by atoms with E-state index < -0.39 is 10.8 Å². The highest BCUT2D eigenvalue weighted by Gasteiger charge is 2.32. The van der Waals surface area contributed by atoms with Crippen LogP contribution in [0.3, 0.4) is 0 Å². The first-order valence-corrected chi connectivity index (χ1v) is 4.37. The van der Waals surface area contributed by atoms with E-state index in [2.05, 4.69) is 0 Å². The van der Waals surface area contributed by atoms with E-state index in [0.717, 1.165) is 12.8 Å². The molecule has 1 unspecified atom stereocenters. The highest BCUT2D eigenvalue weighted by molar-refractivity contribution is 6.33. The molecule has 0 aliphatic carbocycles. The smallest absolute Gasteiger partial charge is 0.324 e. The number of hydrogen-bond acceptors (Lipinski definition) is 1. The number of halogens is 1.